The van der Waals surface area contributed by atoms with Crippen LogP contribution in [0.2, 0.25) is 5.02 Å². The molecule has 0 aliphatic rings. The standard InChI is InChI=1S/C13H21ClN2O2S.ClH/c1-4-13(5-2,9-15)16-19(17,18)12-7-6-10(3)8-11(12)14;/h6-8,16H,4-5,9,15H2,1-3H3;1H. The first kappa shape index (κ1) is 19.7. The number of halogens is 2. The Hall–Kier alpha value is -0.330. The van der Waals surface area contributed by atoms with Crippen LogP contribution in [0.25, 0.3) is 0 Å². The molecule has 7 heteroatoms. The molecule has 0 amide bonds. The average Bonchev–Trinajstić information content (AvgIpc) is 2.35. The van der Waals surface area contributed by atoms with Crippen LogP contribution in [0.4, 0.5) is 0 Å². The normalized spacial score (nSPS) is 12.1. The van der Waals surface area contributed by atoms with Crippen molar-refractivity contribution < 1.29 is 8.42 Å². The Labute approximate surface area is 132 Å². The molecule has 0 heterocycles. The molecule has 20 heavy (non-hydrogen) atoms. The number of hydrogen-bond acceptors (Lipinski definition) is 3. The first-order valence-electron chi connectivity index (χ1n) is 6.30. The van der Waals surface area contributed by atoms with Crippen molar-refractivity contribution in [3.63, 3.8) is 0 Å². The number of nitrogens with one attached hydrogen (secondary N) is 1. The van der Waals surface area contributed by atoms with Crippen LogP contribution in [0, 0.1) is 6.92 Å². The quantitative estimate of drug-likeness (QED) is 0.836. The van der Waals surface area contributed by atoms with Gasteiger partial charge in [-0.2, -0.15) is 0 Å². The lowest BCUT2D eigenvalue weighted by Crippen LogP contribution is -2.52. The van der Waals surface area contributed by atoms with E-state index in [1.165, 1.54) is 6.07 Å². The number of aryl methyl sites for hydroxylation is 1. The van der Waals surface area contributed by atoms with E-state index >= 15 is 0 Å². The van der Waals surface area contributed by atoms with Crippen molar-refractivity contribution in [3.05, 3.63) is 28.8 Å². The summed E-state index contributed by atoms with van der Waals surface area (Å²) in [5, 5.41) is 0.227. The second-order valence-corrected chi connectivity index (χ2v) is 6.79. The van der Waals surface area contributed by atoms with Crippen molar-refractivity contribution in [2.75, 3.05) is 6.54 Å². The molecule has 0 aliphatic carbocycles. The van der Waals surface area contributed by atoms with Gasteiger partial charge in [0.1, 0.15) is 4.90 Å². The number of rotatable bonds is 6. The molecule has 0 radical (unpaired) electrons. The van der Waals surface area contributed by atoms with Gasteiger partial charge in [-0.3, -0.25) is 0 Å². The van der Waals surface area contributed by atoms with Crippen LogP contribution in [0.3, 0.4) is 0 Å². The molecule has 0 saturated carbocycles. The van der Waals surface area contributed by atoms with Crippen molar-refractivity contribution in [1.82, 2.24) is 4.72 Å². The lowest BCUT2D eigenvalue weighted by Gasteiger charge is -2.31. The van der Waals surface area contributed by atoms with Crippen LogP contribution in [0.15, 0.2) is 23.1 Å². The van der Waals surface area contributed by atoms with Crippen molar-refractivity contribution >= 4 is 34.0 Å². The van der Waals surface area contributed by atoms with E-state index in [1.807, 2.05) is 20.8 Å². The molecule has 0 saturated heterocycles. The predicted molar refractivity (Wildman–Crippen MR) is 86.1 cm³/mol. The molecule has 0 spiro atoms. The van der Waals surface area contributed by atoms with Crippen molar-refractivity contribution in [1.29, 1.82) is 0 Å². The lowest BCUT2D eigenvalue weighted by molar-refractivity contribution is 0.363. The summed E-state index contributed by atoms with van der Waals surface area (Å²) in [4.78, 5) is 0.0968. The largest absolute Gasteiger partial charge is 0.329 e. The maximum atomic E-state index is 12.4. The molecular weight excluding hydrogens is 319 g/mol. The van der Waals surface area contributed by atoms with Gasteiger partial charge in [-0.25, -0.2) is 13.1 Å². The van der Waals surface area contributed by atoms with Crippen LogP contribution in [0.5, 0.6) is 0 Å². The Bertz CT molecular complexity index is 535. The summed E-state index contributed by atoms with van der Waals surface area (Å²) >= 11 is 6.02. The number of nitrogens with two attached hydrogens (primary N) is 1. The van der Waals surface area contributed by atoms with Crippen LogP contribution in [0.1, 0.15) is 32.3 Å². The highest BCUT2D eigenvalue weighted by Gasteiger charge is 2.31. The Balaban J connectivity index is 0.00000361. The summed E-state index contributed by atoms with van der Waals surface area (Å²) < 4.78 is 27.5. The monoisotopic (exact) mass is 340 g/mol. The van der Waals surface area contributed by atoms with Crippen molar-refractivity contribution in [2.45, 2.75) is 44.0 Å². The second kappa shape index (κ2) is 7.61. The second-order valence-electron chi connectivity index (χ2n) is 4.73. The number of sulfonamides is 1. The molecule has 4 nitrogen and oxygen atoms in total. The van der Waals surface area contributed by atoms with E-state index in [9.17, 15) is 8.42 Å². The van der Waals surface area contributed by atoms with Crippen LogP contribution >= 0.6 is 24.0 Å². The fourth-order valence-electron chi connectivity index (χ4n) is 1.89. The Morgan fingerprint density at radius 3 is 2.25 bits per heavy atom. The molecule has 0 aliphatic heterocycles. The van der Waals surface area contributed by atoms with Gasteiger partial charge in [0.05, 0.1) is 5.02 Å². The van der Waals surface area contributed by atoms with E-state index < -0.39 is 15.6 Å². The summed E-state index contributed by atoms with van der Waals surface area (Å²) in [5.74, 6) is 0. The summed E-state index contributed by atoms with van der Waals surface area (Å²) in [5.41, 5.74) is 6.01. The average molecular weight is 341 g/mol. The molecule has 116 valence electrons. The lowest BCUT2D eigenvalue weighted by atomic mass is 9.95. The molecule has 0 unspecified atom stereocenters. The third-order valence-electron chi connectivity index (χ3n) is 3.47. The smallest absolute Gasteiger partial charge is 0.242 e. The minimum absolute atomic E-state index is 0. The maximum absolute atomic E-state index is 12.4. The fourth-order valence-corrected chi connectivity index (χ4v) is 4.04. The third-order valence-corrected chi connectivity index (χ3v) is 5.53. The van der Waals surface area contributed by atoms with E-state index in [1.54, 1.807) is 12.1 Å². The molecule has 0 aromatic heterocycles. The Morgan fingerprint density at radius 2 is 1.85 bits per heavy atom. The first-order valence-corrected chi connectivity index (χ1v) is 8.16. The molecule has 1 rings (SSSR count). The van der Waals surface area contributed by atoms with Gasteiger partial charge >= 0.3 is 0 Å². The van der Waals surface area contributed by atoms with E-state index in [0.717, 1.165) is 5.56 Å². The minimum atomic E-state index is -3.66. The summed E-state index contributed by atoms with van der Waals surface area (Å²) in [6.07, 6.45) is 1.26. The van der Waals surface area contributed by atoms with Crippen LogP contribution in [-0.4, -0.2) is 20.5 Å². The van der Waals surface area contributed by atoms with Gasteiger partial charge in [-0.15, -0.1) is 12.4 Å². The highest BCUT2D eigenvalue weighted by molar-refractivity contribution is 7.89. The Kier molecular flexibility index (Phi) is 7.49. The molecule has 3 N–H and O–H groups in total. The predicted octanol–water partition coefficient (Wildman–Crippen LogP) is 2.87. The van der Waals surface area contributed by atoms with Crippen LogP contribution in [-0.2, 0) is 10.0 Å². The molecule has 0 bridgehead atoms. The fraction of sp³-hybridized carbons (Fsp3) is 0.538. The topological polar surface area (TPSA) is 72.2 Å². The van der Waals surface area contributed by atoms with Gasteiger partial charge < -0.3 is 5.73 Å². The van der Waals surface area contributed by atoms with Gasteiger partial charge in [0.15, 0.2) is 0 Å². The molecule has 0 fully saturated rings. The highest BCUT2D eigenvalue weighted by atomic mass is 35.5. The molecule has 0 atom stereocenters. The Morgan fingerprint density at radius 1 is 1.30 bits per heavy atom. The maximum Gasteiger partial charge on any atom is 0.242 e. The van der Waals surface area contributed by atoms with Crippen LogP contribution < -0.4 is 10.5 Å². The van der Waals surface area contributed by atoms with Gasteiger partial charge in [0.25, 0.3) is 0 Å². The van der Waals surface area contributed by atoms with Crippen molar-refractivity contribution in [3.8, 4) is 0 Å². The third kappa shape index (κ3) is 4.33. The van der Waals surface area contributed by atoms with E-state index in [2.05, 4.69) is 4.72 Å². The SMILES string of the molecule is CCC(CC)(CN)NS(=O)(=O)c1ccc(C)cc1Cl.Cl. The zero-order chi connectivity index (χ0) is 14.7. The number of benzene rings is 1. The van der Waals surface area contributed by atoms with E-state index in [4.69, 9.17) is 17.3 Å². The minimum Gasteiger partial charge on any atom is -0.329 e. The highest BCUT2D eigenvalue weighted by Crippen LogP contribution is 2.25. The summed E-state index contributed by atoms with van der Waals surface area (Å²) in [7, 11) is -3.66. The van der Waals surface area contributed by atoms with E-state index in [-0.39, 0.29) is 28.9 Å². The summed E-state index contributed by atoms with van der Waals surface area (Å²) in [6.45, 7) is 5.94. The van der Waals surface area contributed by atoms with Gasteiger partial charge in [-0.1, -0.05) is 31.5 Å². The number of hydrogen-bond donors (Lipinski definition) is 2. The van der Waals surface area contributed by atoms with Crippen molar-refractivity contribution in [2.24, 2.45) is 5.73 Å². The van der Waals surface area contributed by atoms with E-state index in [0.29, 0.717) is 12.8 Å². The zero-order valence-electron chi connectivity index (χ0n) is 11.9. The van der Waals surface area contributed by atoms with Gasteiger partial charge in [-0.05, 0) is 37.5 Å². The van der Waals surface area contributed by atoms with Gasteiger partial charge in [0.2, 0.25) is 10.0 Å². The molecule has 1 aromatic carbocycles. The summed E-state index contributed by atoms with van der Waals surface area (Å²) in [6, 6.07) is 4.88. The molecular formula is C13H22Cl2N2O2S. The first-order chi connectivity index (χ1) is 8.80. The van der Waals surface area contributed by atoms with Gasteiger partial charge in [0, 0.05) is 12.1 Å². The molecule has 1 aromatic rings. The zero-order valence-corrected chi connectivity index (χ0v) is 14.3.